The van der Waals surface area contributed by atoms with Crippen LogP contribution in [0.15, 0.2) is 55.4 Å². The van der Waals surface area contributed by atoms with Crippen molar-refractivity contribution in [3.63, 3.8) is 0 Å². The summed E-state index contributed by atoms with van der Waals surface area (Å²) in [4.78, 5) is 28.6. The molecule has 3 aromatic heterocycles. The van der Waals surface area contributed by atoms with Crippen molar-refractivity contribution in [1.82, 2.24) is 24.4 Å². The second-order valence-corrected chi connectivity index (χ2v) is 10.2. The first-order valence-corrected chi connectivity index (χ1v) is 12.9. The molecule has 0 saturated carbocycles. The molecular weight excluding hydrogens is 480 g/mol. The summed E-state index contributed by atoms with van der Waals surface area (Å²) in [5.74, 6) is 2.15. The van der Waals surface area contributed by atoms with Gasteiger partial charge in [0.05, 0.1) is 30.7 Å². The van der Waals surface area contributed by atoms with Crippen LogP contribution in [0.2, 0.25) is 0 Å². The summed E-state index contributed by atoms with van der Waals surface area (Å²) in [5, 5.41) is 4.52. The van der Waals surface area contributed by atoms with E-state index in [2.05, 4.69) is 50.6 Å². The first kappa shape index (κ1) is 22.9. The zero-order valence-electron chi connectivity index (χ0n) is 21.3. The van der Waals surface area contributed by atoms with E-state index in [1.165, 1.54) is 6.08 Å². The lowest BCUT2D eigenvalue weighted by atomic mass is 9.88. The van der Waals surface area contributed by atoms with Crippen LogP contribution in [-0.2, 0) is 23.1 Å². The van der Waals surface area contributed by atoms with Gasteiger partial charge in [0.2, 0.25) is 11.8 Å². The van der Waals surface area contributed by atoms with Gasteiger partial charge in [0.15, 0.2) is 0 Å². The fourth-order valence-electron chi connectivity index (χ4n) is 6.45. The van der Waals surface area contributed by atoms with Gasteiger partial charge in [-0.1, -0.05) is 18.7 Å². The highest BCUT2D eigenvalue weighted by Crippen LogP contribution is 2.49. The molecular formula is C29H28N6O3. The molecule has 0 radical (unpaired) electrons. The van der Waals surface area contributed by atoms with E-state index in [9.17, 15) is 4.79 Å². The summed E-state index contributed by atoms with van der Waals surface area (Å²) in [6.45, 7) is 7.33. The molecule has 3 atom stereocenters. The molecule has 9 heteroatoms. The Labute approximate surface area is 220 Å². The number of morpholine rings is 1. The number of benzene rings is 1. The molecule has 9 nitrogen and oxygen atoms in total. The minimum atomic E-state index is -0.0652. The third kappa shape index (κ3) is 3.42. The smallest absolute Gasteiger partial charge is 0.246 e. The molecule has 38 heavy (non-hydrogen) atoms. The zero-order chi connectivity index (χ0) is 26.0. The van der Waals surface area contributed by atoms with E-state index in [0.717, 1.165) is 57.1 Å². The van der Waals surface area contributed by atoms with Crippen LogP contribution in [0, 0.1) is 6.92 Å². The number of carbonyl (C=O) groups is 1. The zero-order valence-corrected chi connectivity index (χ0v) is 21.3. The normalized spacial score (nSPS) is 21.5. The maximum absolute atomic E-state index is 12.8. The second kappa shape index (κ2) is 8.66. The Hall–Kier alpha value is -4.24. The average molecular weight is 509 g/mol. The van der Waals surface area contributed by atoms with Crippen molar-refractivity contribution >= 4 is 22.8 Å². The Morgan fingerprint density at radius 3 is 2.97 bits per heavy atom. The Morgan fingerprint density at radius 1 is 1.24 bits per heavy atom. The average Bonchev–Trinajstić information content (AvgIpc) is 3.25. The van der Waals surface area contributed by atoms with Gasteiger partial charge < -0.3 is 24.3 Å². The molecule has 4 aromatic rings. The van der Waals surface area contributed by atoms with Crippen LogP contribution >= 0.6 is 0 Å². The van der Waals surface area contributed by atoms with Crippen molar-refractivity contribution in [1.29, 1.82) is 0 Å². The Kier molecular flexibility index (Phi) is 5.23. The van der Waals surface area contributed by atoms with Crippen LogP contribution in [0.5, 0.6) is 11.6 Å². The van der Waals surface area contributed by atoms with E-state index in [4.69, 9.17) is 9.47 Å². The molecule has 0 aliphatic carbocycles. The van der Waals surface area contributed by atoms with Crippen molar-refractivity contribution in [2.45, 2.75) is 37.9 Å². The number of hydrogen-bond donors (Lipinski definition) is 1. The summed E-state index contributed by atoms with van der Waals surface area (Å²) in [7, 11) is 2.06. The van der Waals surface area contributed by atoms with Gasteiger partial charge in [-0.25, -0.2) is 15.0 Å². The molecule has 6 heterocycles. The third-order valence-electron chi connectivity index (χ3n) is 8.01. The number of hydrogen-bond acceptors (Lipinski definition) is 7. The summed E-state index contributed by atoms with van der Waals surface area (Å²) in [6.07, 6.45) is 3.85. The molecule has 3 unspecified atom stereocenters. The minimum Gasteiger partial charge on any atom is -0.439 e. The van der Waals surface area contributed by atoms with E-state index in [1.54, 1.807) is 6.33 Å². The Balaban J connectivity index is 1.38. The van der Waals surface area contributed by atoms with Gasteiger partial charge in [0.1, 0.15) is 23.5 Å². The molecule has 1 N–H and O–H groups in total. The number of nitrogens with one attached hydrogen (secondary N) is 1. The number of amides is 1. The summed E-state index contributed by atoms with van der Waals surface area (Å²) in [6, 6.07) is 11.9. The number of rotatable bonds is 4. The quantitative estimate of drug-likeness (QED) is 0.410. The molecule has 2 bridgehead atoms. The van der Waals surface area contributed by atoms with Crippen LogP contribution in [0.1, 0.15) is 29.3 Å². The molecule has 2 saturated heterocycles. The summed E-state index contributed by atoms with van der Waals surface area (Å²) >= 11 is 0. The summed E-state index contributed by atoms with van der Waals surface area (Å²) in [5.41, 5.74) is 6.24. The predicted octanol–water partition coefficient (Wildman–Crippen LogP) is 4.33. The SMILES string of the molecule is C=CC(=O)N1C2COCC1C(c1c3c4c(ncnc4n1C)NCc1cc(Oc4cccc(C)n4)ccc1-3)C2. The molecule has 1 amide bonds. The van der Waals surface area contributed by atoms with Crippen LogP contribution in [-0.4, -0.2) is 55.6 Å². The van der Waals surface area contributed by atoms with Gasteiger partial charge in [-0.05, 0) is 48.7 Å². The van der Waals surface area contributed by atoms with Crippen LogP contribution in [0.3, 0.4) is 0 Å². The highest BCUT2D eigenvalue weighted by Gasteiger charge is 2.49. The fraction of sp³-hybridized carbons (Fsp3) is 0.310. The van der Waals surface area contributed by atoms with Gasteiger partial charge in [0.25, 0.3) is 0 Å². The maximum Gasteiger partial charge on any atom is 0.246 e. The first-order chi connectivity index (χ1) is 18.5. The van der Waals surface area contributed by atoms with E-state index in [0.29, 0.717) is 25.6 Å². The van der Waals surface area contributed by atoms with Gasteiger partial charge in [-0.3, -0.25) is 4.79 Å². The molecule has 0 spiro atoms. The first-order valence-electron chi connectivity index (χ1n) is 12.9. The topological polar surface area (TPSA) is 94.4 Å². The Bertz CT molecular complexity index is 1610. The number of carbonyl (C=O) groups excluding carboxylic acids is 1. The van der Waals surface area contributed by atoms with E-state index in [-0.39, 0.29) is 23.9 Å². The van der Waals surface area contributed by atoms with Crippen molar-refractivity contribution < 1.29 is 14.3 Å². The van der Waals surface area contributed by atoms with Gasteiger partial charge in [-0.2, -0.15) is 0 Å². The number of anilines is 1. The molecule has 7 rings (SSSR count). The predicted molar refractivity (Wildman–Crippen MR) is 143 cm³/mol. The van der Waals surface area contributed by atoms with E-state index in [1.807, 2.05) is 36.1 Å². The van der Waals surface area contributed by atoms with Crippen molar-refractivity contribution in [3.8, 4) is 22.8 Å². The number of nitrogens with zero attached hydrogens (tertiary/aromatic N) is 5. The molecule has 3 aliphatic rings. The largest absolute Gasteiger partial charge is 0.439 e. The number of aryl methyl sites for hydroxylation is 2. The van der Waals surface area contributed by atoms with Crippen molar-refractivity contribution in [3.05, 3.63) is 72.3 Å². The highest BCUT2D eigenvalue weighted by atomic mass is 16.5. The van der Waals surface area contributed by atoms with Gasteiger partial charge >= 0.3 is 0 Å². The number of ether oxygens (including phenoxy) is 2. The number of pyridine rings is 1. The Morgan fingerprint density at radius 2 is 2.13 bits per heavy atom. The van der Waals surface area contributed by atoms with Crippen LogP contribution in [0.4, 0.5) is 5.82 Å². The maximum atomic E-state index is 12.8. The third-order valence-corrected chi connectivity index (χ3v) is 8.01. The highest BCUT2D eigenvalue weighted by molar-refractivity contribution is 6.05. The van der Waals surface area contributed by atoms with E-state index >= 15 is 0 Å². The fourth-order valence-corrected chi connectivity index (χ4v) is 6.45. The number of fused-ring (bicyclic) bond motifs is 4. The summed E-state index contributed by atoms with van der Waals surface area (Å²) < 4.78 is 14.2. The van der Waals surface area contributed by atoms with Gasteiger partial charge in [-0.15, -0.1) is 0 Å². The van der Waals surface area contributed by atoms with Crippen LogP contribution < -0.4 is 10.1 Å². The van der Waals surface area contributed by atoms with E-state index < -0.39 is 0 Å². The molecule has 2 fully saturated rings. The second-order valence-electron chi connectivity index (χ2n) is 10.2. The standard InChI is InChI=1S/C29H28N6O3/c1-4-24(36)35-18-11-21(22(35)14-37-13-18)27-25-20-9-8-19(38-23-7-5-6-16(2)33-23)10-17(20)12-30-28-26(25)29(34(27)3)32-15-31-28/h4-10,15,18,21-22H,1,11-14H2,2-3H3,(H,30,31,32). The monoisotopic (exact) mass is 508 g/mol. The molecule has 3 aliphatic heterocycles. The van der Waals surface area contributed by atoms with Crippen molar-refractivity contribution in [2.24, 2.45) is 7.05 Å². The van der Waals surface area contributed by atoms with Crippen molar-refractivity contribution in [2.75, 3.05) is 18.5 Å². The molecule has 192 valence electrons. The minimum absolute atomic E-state index is 0.0287. The lowest BCUT2D eigenvalue weighted by molar-refractivity contribution is -0.135. The van der Waals surface area contributed by atoms with Gasteiger partial charge in [0, 0.05) is 42.5 Å². The van der Waals surface area contributed by atoms with Crippen LogP contribution in [0.25, 0.3) is 22.2 Å². The lowest BCUT2D eigenvalue weighted by Gasteiger charge is -2.35. The molecule has 1 aromatic carbocycles. The number of aromatic nitrogens is 4. The lowest BCUT2D eigenvalue weighted by Crippen LogP contribution is -2.49.